The van der Waals surface area contributed by atoms with Gasteiger partial charge in [-0.15, -0.1) is 0 Å². The number of nitrogens with zero attached hydrogens (tertiary/aromatic N) is 3. The Balaban J connectivity index is 1.15. The van der Waals surface area contributed by atoms with Gasteiger partial charge in [-0.2, -0.15) is 4.31 Å². The van der Waals surface area contributed by atoms with Crippen LogP contribution in [0.2, 0.25) is 0 Å². The van der Waals surface area contributed by atoms with E-state index in [1.165, 1.54) is 10.4 Å². The monoisotopic (exact) mass is 495 g/mol. The summed E-state index contributed by atoms with van der Waals surface area (Å²) in [5, 5.41) is 1.90. The summed E-state index contributed by atoms with van der Waals surface area (Å²) in [6.45, 7) is 3.87. The summed E-state index contributed by atoms with van der Waals surface area (Å²) in [6, 6.07) is 19.7. The first-order chi connectivity index (χ1) is 16.9. The fourth-order valence-corrected chi connectivity index (χ4v) is 6.58. The van der Waals surface area contributed by atoms with Crippen LogP contribution in [0.4, 0.5) is 4.39 Å². The smallest absolute Gasteiger partial charge is 0.243 e. The van der Waals surface area contributed by atoms with Crippen molar-refractivity contribution in [2.75, 3.05) is 39.3 Å². The summed E-state index contributed by atoms with van der Waals surface area (Å²) in [6.07, 6.45) is 1.06. The van der Waals surface area contributed by atoms with E-state index in [-0.39, 0.29) is 17.6 Å². The van der Waals surface area contributed by atoms with Crippen LogP contribution >= 0.6 is 0 Å². The summed E-state index contributed by atoms with van der Waals surface area (Å²) < 4.78 is 41.9. The maximum atomic E-state index is 13.9. The van der Waals surface area contributed by atoms with Gasteiger partial charge >= 0.3 is 0 Å². The second-order valence-electron chi connectivity index (χ2n) is 9.38. The molecule has 2 aliphatic heterocycles. The average molecular weight is 496 g/mol. The fourth-order valence-electron chi connectivity index (χ4n) is 5.07. The van der Waals surface area contributed by atoms with Crippen molar-refractivity contribution < 1.29 is 17.6 Å². The van der Waals surface area contributed by atoms with Gasteiger partial charge in [0.1, 0.15) is 5.82 Å². The predicted octanol–water partition coefficient (Wildman–Crippen LogP) is 3.72. The molecule has 0 aromatic heterocycles. The van der Waals surface area contributed by atoms with Crippen LogP contribution in [0.25, 0.3) is 10.8 Å². The Hall–Kier alpha value is -2.81. The van der Waals surface area contributed by atoms with Crippen LogP contribution in [-0.4, -0.2) is 67.7 Å². The number of piperazine rings is 1. The molecule has 5 rings (SSSR count). The molecular weight excluding hydrogens is 465 g/mol. The Labute approximate surface area is 206 Å². The van der Waals surface area contributed by atoms with Crippen LogP contribution in [-0.2, 0) is 21.4 Å². The largest absolute Gasteiger partial charge is 0.340 e. The minimum Gasteiger partial charge on any atom is -0.340 e. The van der Waals surface area contributed by atoms with E-state index < -0.39 is 10.0 Å². The minimum atomic E-state index is -3.60. The zero-order valence-corrected chi connectivity index (χ0v) is 20.5. The molecule has 0 radical (unpaired) electrons. The van der Waals surface area contributed by atoms with E-state index in [1.54, 1.807) is 24.3 Å². The highest BCUT2D eigenvalue weighted by atomic mass is 32.2. The quantitative estimate of drug-likeness (QED) is 0.541. The number of piperidine rings is 1. The SMILES string of the molecule is O=C(C1CCN(S(=O)(=O)c2ccc3ccccc3c2)CC1)N1CCN(Cc2ccccc2F)CC1. The van der Waals surface area contributed by atoms with Crippen molar-refractivity contribution in [2.24, 2.45) is 5.92 Å². The Morgan fingerprint density at radius 3 is 2.20 bits per heavy atom. The van der Waals surface area contributed by atoms with Gasteiger partial charge in [-0.25, -0.2) is 12.8 Å². The second-order valence-corrected chi connectivity index (χ2v) is 11.3. The van der Waals surface area contributed by atoms with Crippen LogP contribution in [0.5, 0.6) is 0 Å². The number of sulfonamides is 1. The van der Waals surface area contributed by atoms with Gasteiger partial charge in [0.05, 0.1) is 4.90 Å². The number of halogens is 1. The van der Waals surface area contributed by atoms with Crippen molar-refractivity contribution in [1.82, 2.24) is 14.1 Å². The molecular formula is C27H30FN3O3S. The van der Waals surface area contributed by atoms with Crippen molar-refractivity contribution in [3.05, 3.63) is 78.1 Å². The van der Waals surface area contributed by atoms with Gasteiger partial charge < -0.3 is 4.90 Å². The molecule has 0 unspecified atom stereocenters. The fraction of sp³-hybridized carbons (Fsp3) is 0.370. The molecule has 0 N–H and O–H groups in total. The summed E-state index contributed by atoms with van der Waals surface area (Å²) in [5.41, 5.74) is 0.673. The number of carbonyl (C=O) groups is 1. The van der Waals surface area contributed by atoms with Gasteiger partial charge in [-0.05, 0) is 41.8 Å². The summed E-state index contributed by atoms with van der Waals surface area (Å²) in [4.78, 5) is 17.5. The highest BCUT2D eigenvalue weighted by Gasteiger charge is 2.34. The standard InChI is InChI=1S/C27H30FN3O3S/c28-26-8-4-3-7-24(26)20-29-15-17-30(18-16-29)27(32)22-11-13-31(14-12-22)35(33,34)25-10-9-21-5-1-2-6-23(21)19-25/h1-10,19,22H,11-18,20H2. The van der Waals surface area contributed by atoms with Crippen LogP contribution in [0.3, 0.4) is 0 Å². The minimum absolute atomic E-state index is 0.110. The van der Waals surface area contributed by atoms with E-state index in [0.29, 0.717) is 69.1 Å². The zero-order chi connectivity index (χ0) is 24.4. The van der Waals surface area contributed by atoms with Crippen LogP contribution in [0, 0.1) is 11.7 Å². The molecule has 0 spiro atoms. The molecule has 3 aromatic carbocycles. The molecule has 0 atom stereocenters. The lowest BCUT2D eigenvalue weighted by Gasteiger charge is -2.38. The van der Waals surface area contributed by atoms with Gasteiger partial charge in [0.2, 0.25) is 15.9 Å². The predicted molar refractivity (Wildman–Crippen MR) is 134 cm³/mol. The van der Waals surface area contributed by atoms with Crippen molar-refractivity contribution in [2.45, 2.75) is 24.3 Å². The van der Waals surface area contributed by atoms with E-state index in [0.717, 1.165) is 10.8 Å². The first-order valence-electron chi connectivity index (χ1n) is 12.2. The van der Waals surface area contributed by atoms with E-state index in [1.807, 2.05) is 41.3 Å². The summed E-state index contributed by atoms with van der Waals surface area (Å²) in [5.74, 6) is -0.245. The van der Waals surface area contributed by atoms with Gasteiger partial charge in [-0.1, -0.05) is 48.5 Å². The van der Waals surface area contributed by atoms with Crippen LogP contribution in [0.15, 0.2) is 71.6 Å². The van der Waals surface area contributed by atoms with Gasteiger partial charge in [0.25, 0.3) is 0 Å². The number of rotatable bonds is 5. The Morgan fingerprint density at radius 1 is 0.829 bits per heavy atom. The first-order valence-corrected chi connectivity index (χ1v) is 13.6. The van der Waals surface area contributed by atoms with E-state index in [2.05, 4.69) is 4.90 Å². The van der Waals surface area contributed by atoms with Gasteiger partial charge in [0, 0.05) is 57.3 Å². The van der Waals surface area contributed by atoms with Gasteiger partial charge in [-0.3, -0.25) is 9.69 Å². The molecule has 6 nitrogen and oxygen atoms in total. The van der Waals surface area contributed by atoms with Crippen molar-refractivity contribution >= 4 is 26.7 Å². The molecule has 2 fully saturated rings. The molecule has 2 saturated heterocycles. The molecule has 3 aromatic rings. The second kappa shape index (κ2) is 10.0. The van der Waals surface area contributed by atoms with E-state index >= 15 is 0 Å². The number of amides is 1. The topological polar surface area (TPSA) is 60.9 Å². The zero-order valence-electron chi connectivity index (χ0n) is 19.6. The van der Waals surface area contributed by atoms with E-state index in [9.17, 15) is 17.6 Å². The number of hydrogen-bond acceptors (Lipinski definition) is 4. The third-order valence-corrected chi connectivity index (χ3v) is 9.09. The number of fused-ring (bicyclic) bond motifs is 1. The average Bonchev–Trinajstić information content (AvgIpc) is 2.90. The Bertz CT molecular complexity index is 1310. The van der Waals surface area contributed by atoms with Crippen LogP contribution < -0.4 is 0 Å². The molecule has 8 heteroatoms. The van der Waals surface area contributed by atoms with Crippen molar-refractivity contribution in [1.29, 1.82) is 0 Å². The number of carbonyl (C=O) groups excluding carboxylic acids is 1. The molecule has 0 bridgehead atoms. The van der Waals surface area contributed by atoms with Gasteiger partial charge in [0.15, 0.2) is 0 Å². The molecule has 1 amide bonds. The lowest BCUT2D eigenvalue weighted by atomic mass is 9.96. The maximum absolute atomic E-state index is 13.9. The maximum Gasteiger partial charge on any atom is 0.243 e. The number of hydrogen-bond donors (Lipinski definition) is 0. The molecule has 0 aliphatic carbocycles. The highest BCUT2D eigenvalue weighted by molar-refractivity contribution is 7.89. The van der Waals surface area contributed by atoms with Crippen LogP contribution in [0.1, 0.15) is 18.4 Å². The Morgan fingerprint density at radius 2 is 1.49 bits per heavy atom. The lowest BCUT2D eigenvalue weighted by molar-refractivity contribution is -0.138. The number of benzene rings is 3. The molecule has 0 saturated carbocycles. The molecule has 35 heavy (non-hydrogen) atoms. The van der Waals surface area contributed by atoms with Crippen molar-refractivity contribution in [3.63, 3.8) is 0 Å². The molecule has 2 heterocycles. The highest BCUT2D eigenvalue weighted by Crippen LogP contribution is 2.27. The molecule has 184 valence electrons. The lowest BCUT2D eigenvalue weighted by Crippen LogP contribution is -2.51. The Kier molecular flexibility index (Phi) is 6.86. The normalized spacial score (nSPS) is 18.7. The summed E-state index contributed by atoms with van der Waals surface area (Å²) in [7, 11) is -3.60. The molecule has 2 aliphatic rings. The third kappa shape index (κ3) is 5.10. The summed E-state index contributed by atoms with van der Waals surface area (Å²) >= 11 is 0. The van der Waals surface area contributed by atoms with E-state index in [4.69, 9.17) is 0 Å². The van der Waals surface area contributed by atoms with Crippen molar-refractivity contribution in [3.8, 4) is 0 Å². The third-order valence-electron chi connectivity index (χ3n) is 7.20. The first kappa shape index (κ1) is 23.9.